The first kappa shape index (κ1) is 22.4. The second-order valence-corrected chi connectivity index (χ2v) is 6.21. The van der Waals surface area contributed by atoms with E-state index in [-0.39, 0.29) is 28.8 Å². The molecule has 2 amide bonds. The molecule has 0 saturated carbocycles. The summed E-state index contributed by atoms with van der Waals surface area (Å²) in [6.45, 7) is 8.83. The molecule has 0 aliphatic carbocycles. The van der Waals surface area contributed by atoms with Gasteiger partial charge >= 0.3 is 0 Å². The molecule has 1 saturated heterocycles. The van der Waals surface area contributed by atoms with Gasteiger partial charge in [0.2, 0.25) is 5.91 Å². The summed E-state index contributed by atoms with van der Waals surface area (Å²) in [5, 5.41) is 2.78. The molecule has 0 spiro atoms. The maximum Gasteiger partial charge on any atom is 0.269 e. The molecule has 0 aromatic carbocycles. The van der Waals surface area contributed by atoms with Crippen LogP contribution in [0.5, 0.6) is 0 Å². The van der Waals surface area contributed by atoms with Crippen molar-refractivity contribution in [3.8, 4) is 11.4 Å². The Morgan fingerprint density at radius 1 is 1.28 bits per heavy atom. The first-order valence-corrected chi connectivity index (χ1v) is 9.64. The highest BCUT2D eigenvalue weighted by atomic mass is 35.5. The summed E-state index contributed by atoms with van der Waals surface area (Å²) in [5.74, 6) is -0.468. The van der Waals surface area contributed by atoms with Crippen molar-refractivity contribution < 1.29 is 14.3 Å². The third-order valence-electron chi connectivity index (χ3n) is 4.13. The van der Waals surface area contributed by atoms with E-state index in [1.165, 1.54) is 25.5 Å². The van der Waals surface area contributed by atoms with Gasteiger partial charge in [0.25, 0.3) is 5.91 Å². The van der Waals surface area contributed by atoms with E-state index in [2.05, 4.69) is 26.8 Å². The van der Waals surface area contributed by atoms with Crippen LogP contribution in [0.25, 0.3) is 11.4 Å². The van der Waals surface area contributed by atoms with E-state index in [0.717, 1.165) is 5.56 Å². The van der Waals surface area contributed by atoms with Gasteiger partial charge in [-0.2, -0.15) is 0 Å². The number of amides is 2. The minimum atomic E-state index is -0.345. The minimum absolute atomic E-state index is 0.144. The van der Waals surface area contributed by atoms with Crippen LogP contribution >= 0.6 is 11.6 Å². The Morgan fingerprint density at radius 2 is 2.03 bits per heavy atom. The lowest BCUT2D eigenvalue weighted by Gasteiger charge is -2.32. The van der Waals surface area contributed by atoms with Gasteiger partial charge in [-0.25, -0.2) is 15.0 Å². The van der Waals surface area contributed by atoms with Crippen LogP contribution in [0.2, 0.25) is 5.15 Å². The van der Waals surface area contributed by atoms with E-state index in [9.17, 15) is 9.59 Å². The average Bonchev–Trinajstić information content (AvgIpc) is 2.79. The summed E-state index contributed by atoms with van der Waals surface area (Å²) in [6, 6.07) is 5.02. The molecule has 3 rings (SSSR count). The lowest BCUT2D eigenvalue weighted by molar-refractivity contribution is -0.133. The Hall–Kier alpha value is -2.84. The molecule has 29 heavy (non-hydrogen) atoms. The van der Waals surface area contributed by atoms with Crippen LogP contribution in [0, 0.1) is 0 Å². The highest BCUT2D eigenvalue weighted by molar-refractivity contribution is 6.29. The number of carbonyl (C=O) groups excluding carboxylic acids is 2. The van der Waals surface area contributed by atoms with Gasteiger partial charge in [0.15, 0.2) is 0 Å². The fourth-order valence-electron chi connectivity index (χ4n) is 2.76. The SMILES string of the molecule is C=CC(=O)N1CCOC(c2cc(Cl)nc(-c3cc(C(=O)NC)ncn3)c2)C1.CC. The molecule has 1 fully saturated rings. The zero-order chi connectivity index (χ0) is 21.4. The molecule has 1 unspecified atom stereocenters. The molecule has 2 aromatic rings. The monoisotopic (exact) mass is 417 g/mol. The fraction of sp³-hybridized carbons (Fsp3) is 0.350. The number of morpholine rings is 1. The molecule has 9 heteroatoms. The molecule has 154 valence electrons. The Kier molecular flexibility index (Phi) is 8.23. The third-order valence-corrected chi connectivity index (χ3v) is 4.32. The van der Waals surface area contributed by atoms with E-state index in [1.807, 2.05) is 13.8 Å². The van der Waals surface area contributed by atoms with Crippen LogP contribution < -0.4 is 5.32 Å². The van der Waals surface area contributed by atoms with Crippen molar-refractivity contribution >= 4 is 23.4 Å². The Labute approximate surface area is 175 Å². The van der Waals surface area contributed by atoms with E-state index >= 15 is 0 Å². The predicted octanol–water partition coefficient (Wildman–Crippen LogP) is 2.66. The number of nitrogens with zero attached hydrogens (tertiary/aromatic N) is 4. The maximum atomic E-state index is 11.9. The van der Waals surface area contributed by atoms with Gasteiger partial charge in [-0.1, -0.05) is 32.0 Å². The number of ether oxygens (including phenoxy) is 1. The molecule has 0 radical (unpaired) electrons. The summed E-state index contributed by atoms with van der Waals surface area (Å²) in [6.07, 6.45) is 2.24. The molecule has 1 aliphatic heterocycles. The van der Waals surface area contributed by atoms with E-state index in [4.69, 9.17) is 16.3 Å². The Balaban J connectivity index is 0.00000145. The number of halogens is 1. The standard InChI is InChI=1S/C18H18ClN5O3.C2H6/c1-3-17(25)24-4-5-27-15(9-24)11-6-13(23-16(19)7-11)12-8-14(18(26)20-2)22-10-21-12;1-2/h3,6-8,10,15H,1,4-5,9H2,2H3,(H,20,26);1-2H3. The van der Waals surface area contributed by atoms with Crippen molar-refractivity contribution in [2.75, 3.05) is 26.7 Å². The van der Waals surface area contributed by atoms with Crippen LogP contribution in [0.4, 0.5) is 0 Å². The molecular weight excluding hydrogens is 394 g/mol. The normalized spacial score (nSPS) is 15.7. The zero-order valence-electron chi connectivity index (χ0n) is 16.7. The number of carbonyl (C=O) groups is 2. The second kappa shape index (κ2) is 10.6. The summed E-state index contributed by atoms with van der Waals surface area (Å²) in [5.41, 5.74) is 1.94. The van der Waals surface area contributed by atoms with Crippen molar-refractivity contribution in [2.24, 2.45) is 0 Å². The van der Waals surface area contributed by atoms with Gasteiger partial charge in [0, 0.05) is 13.6 Å². The molecule has 8 nitrogen and oxygen atoms in total. The second-order valence-electron chi connectivity index (χ2n) is 5.82. The third kappa shape index (κ3) is 5.58. The number of nitrogens with one attached hydrogen (secondary N) is 1. The van der Waals surface area contributed by atoms with Crippen molar-refractivity contribution in [3.63, 3.8) is 0 Å². The van der Waals surface area contributed by atoms with Gasteiger partial charge in [0.1, 0.15) is 23.3 Å². The summed E-state index contributed by atoms with van der Waals surface area (Å²) in [4.78, 5) is 37.8. The van der Waals surface area contributed by atoms with Crippen LogP contribution in [-0.2, 0) is 9.53 Å². The van der Waals surface area contributed by atoms with E-state index in [0.29, 0.717) is 31.1 Å². The molecule has 0 bridgehead atoms. The topological polar surface area (TPSA) is 97.3 Å². The largest absolute Gasteiger partial charge is 0.370 e. The average molecular weight is 418 g/mol. The van der Waals surface area contributed by atoms with Gasteiger partial charge in [-0.15, -0.1) is 0 Å². The van der Waals surface area contributed by atoms with Gasteiger partial charge in [-0.05, 0) is 29.8 Å². The van der Waals surface area contributed by atoms with Crippen LogP contribution in [-0.4, -0.2) is 58.4 Å². The number of pyridine rings is 1. The summed E-state index contributed by atoms with van der Waals surface area (Å²) < 4.78 is 5.80. The minimum Gasteiger partial charge on any atom is -0.370 e. The van der Waals surface area contributed by atoms with Crippen molar-refractivity contribution in [3.05, 3.63) is 53.6 Å². The van der Waals surface area contributed by atoms with E-state index in [1.54, 1.807) is 17.0 Å². The summed E-state index contributed by atoms with van der Waals surface area (Å²) in [7, 11) is 1.52. The predicted molar refractivity (Wildman–Crippen MR) is 110 cm³/mol. The zero-order valence-corrected chi connectivity index (χ0v) is 17.4. The Bertz CT molecular complexity index is 890. The number of hydrogen-bond acceptors (Lipinski definition) is 6. The molecule has 3 heterocycles. The molecule has 2 aromatic heterocycles. The van der Waals surface area contributed by atoms with Crippen molar-refractivity contribution in [2.45, 2.75) is 20.0 Å². The van der Waals surface area contributed by atoms with Crippen LogP contribution in [0.15, 0.2) is 37.2 Å². The Morgan fingerprint density at radius 3 is 2.72 bits per heavy atom. The maximum absolute atomic E-state index is 11.9. The molecular formula is C20H24ClN5O3. The summed E-state index contributed by atoms with van der Waals surface area (Å²) >= 11 is 6.19. The van der Waals surface area contributed by atoms with E-state index < -0.39 is 0 Å². The van der Waals surface area contributed by atoms with Crippen LogP contribution in [0.1, 0.15) is 36.0 Å². The van der Waals surface area contributed by atoms with Crippen LogP contribution in [0.3, 0.4) is 0 Å². The number of hydrogen-bond donors (Lipinski definition) is 1. The number of rotatable bonds is 4. The first-order valence-electron chi connectivity index (χ1n) is 9.26. The lowest BCUT2D eigenvalue weighted by atomic mass is 10.1. The lowest BCUT2D eigenvalue weighted by Crippen LogP contribution is -2.41. The molecule has 1 aliphatic rings. The van der Waals surface area contributed by atoms with Crippen molar-refractivity contribution in [1.29, 1.82) is 0 Å². The first-order chi connectivity index (χ1) is 14.0. The quantitative estimate of drug-likeness (QED) is 0.606. The highest BCUT2D eigenvalue weighted by Crippen LogP contribution is 2.28. The number of aromatic nitrogens is 3. The van der Waals surface area contributed by atoms with Gasteiger partial charge < -0.3 is 15.0 Å². The van der Waals surface area contributed by atoms with Crippen molar-refractivity contribution in [1.82, 2.24) is 25.2 Å². The highest BCUT2D eigenvalue weighted by Gasteiger charge is 2.25. The smallest absolute Gasteiger partial charge is 0.269 e. The van der Waals surface area contributed by atoms with Gasteiger partial charge in [0.05, 0.1) is 24.5 Å². The molecule has 1 atom stereocenters. The van der Waals surface area contributed by atoms with Gasteiger partial charge in [-0.3, -0.25) is 9.59 Å². The molecule has 1 N–H and O–H groups in total. The fourth-order valence-corrected chi connectivity index (χ4v) is 2.98.